The van der Waals surface area contributed by atoms with Gasteiger partial charge in [0.2, 0.25) is 10.0 Å². The molecule has 2 aliphatic heterocycles. The number of carbonyl (C=O) groups is 1. The summed E-state index contributed by atoms with van der Waals surface area (Å²) in [5.74, 6) is -0.0677. The van der Waals surface area contributed by atoms with E-state index in [1.54, 1.807) is 35.6 Å². The smallest absolute Gasteiger partial charge is 0.254 e. The fourth-order valence-electron chi connectivity index (χ4n) is 4.31. The lowest BCUT2D eigenvalue weighted by atomic mass is 10.1. The normalized spacial score (nSPS) is 20.3. The molecule has 6 nitrogen and oxygen atoms in total. The molecule has 1 atom stereocenters. The Morgan fingerprint density at radius 1 is 0.967 bits per heavy atom. The van der Waals surface area contributed by atoms with Gasteiger partial charge in [-0.05, 0) is 62.1 Å². The number of aromatic nitrogens is 1. The van der Waals surface area contributed by atoms with Gasteiger partial charge in [0.15, 0.2) is 0 Å². The maximum atomic E-state index is 13.2. The third kappa shape index (κ3) is 3.42. The van der Waals surface area contributed by atoms with Gasteiger partial charge in [-0.3, -0.25) is 4.79 Å². The molecule has 0 unspecified atom stereocenters. The Hall–Kier alpha value is -2.29. The molecule has 0 saturated carbocycles. The van der Waals surface area contributed by atoms with Crippen molar-refractivity contribution in [1.29, 1.82) is 0 Å². The molecule has 0 aliphatic carbocycles. The molecule has 8 heteroatoms. The molecule has 0 N–H and O–H groups in total. The summed E-state index contributed by atoms with van der Waals surface area (Å²) in [5.41, 5.74) is 1.48. The Morgan fingerprint density at radius 3 is 2.43 bits per heavy atom. The molecule has 2 aliphatic rings. The van der Waals surface area contributed by atoms with Crippen molar-refractivity contribution in [3.05, 3.63) is 59.1 Å². The largest absolute Gasteiger partial charge is 0.329 e. The first-order valence-corrected chi connectivity index (χ1v) is 12.6. The van der Waals surface area contributed by atoms with Gasteiger partial charge in [-0.1, -0.05) is 12.1 Å². The number of likely N-dealkylation sites (tertiary alicyclic amines) is 1. The lowest BCUT2D eigenvalue weighted by Crippen LogP contribution is -2.31. The van der Waals surface area contributed by atoms with Crippen LogP contribution in [0.2, 0.25) is 0 Å². The molecule has 3 aromatic rings. The Morgan fingerprint density at radius 2 is 1.70 bits per heavy atom. The minimum Gasteiger partial charge on any atom is -0.329 e. The molecule has 0 radical (unpaired) electrons. The fourth-order valence-corrected chi connectivity index (χ4v) is 6.94. The van der Waals surface area contributed by atoms with Crippen LogP contribution in [0, 0.1) is 0 Å². The fraction of sp³-hybridized carbons (Fsp3) is 0.364. The Balaban J connectivity index is 1.38. The minimum absolute atomic E-state index is 0.0251. The number of carbonyl (C=O) groups excluding carboxylic acids is 1. The van der Waals surface area contributed by atoms with E-state index in [2.05, 4.69) is 6.07 Å². The molecule has 1 amide bonds. The van der Waals surface area contributed by atoms with Crippen LogP contribution in [0.1, 0.15) is 47.1 Å². The van der Waals surface area contributed by atoms with Crippen molar-refractivity contribution in [2.75, 3.05) is 19.6 Å². The maximum absolute atomic E-state index is 13.2. The second kappa shape index (κ2) is 7.76. The van der Waals surface area contributed by atoms with Gasteiger partial charge in [-0.25, -0.2) is 13.4 Å². The third-order valence-corrected chi connectivity index (χ3v) is 8.96. The predicted molar refractivity (Wildman–Crippen MR) is 117 cm³/mol. The second-order valence-corrected chi connectivity index (χ2v) is 10.8. The molecule has 0 spiro atoms. The highest BCUT2D eigenvalue weighted by Gasteiger charge is 2.33. The van der Waals surface area contributed by atoms with Gasteiger partial charge >= 0.3 is 0 Å². The molecular weight excluding hydrogens is 418 g/mol. The number of nitrogens with zero attached hydrogens (tertiary/aromatic N) is 3. The average molecular weight is 442 g/mol. The van der Waals surface area contributed by atoms with Crippen LogP contribution >= 0.6 is 11.3 Å². The van der Waals surface area contributed by atoms with E-state index in [9.17, 15) is 13.2 Å². The van der Waals surface area contributed by atoms with Crippen LogP contribution in [0.4, 0.5) is 0 Å². The third-order valence-electron chi connectivity index (χ3n) is 5.91. The van der Waals surface area contributed by atoms with Crippen molar-refractivity contribution in [3.8, 4) is 0 Å². The van der Waals surface area contributed by atoms with E-state index in [4.69, 9.17) is 4.98 Å². The highest BCUT2D eigenvalue weighted by molar-refractivity contribution is 7.89. The number of para-hydroxylation sites is 1. The highest BCUT2D eigenvalue weighted by atomic mass is 32.2. The molecule has 2 fully saturated rings. The van der Waals surface area contributed by atoms with Gasteiger partial charge in [-0.2, -0.15) is 4.31 Å². The second-order valence-electron chi connectivity index (χ2n) is 7.81. The van der Waals surface area contributed by atoms with E-state index in [1.165, 1.54) is 4.31 Å². The number of hydrogen-bond acceptors (Lipinski definition) is 5. The molecule has 0 bridgehead atoms. The van der Waals surface area contributed by atoms with Crippen molar-refractivity contribution >= 4 is 37.5 Å². The Kier molecular flexibility index (Phi) is 5.08. The van der Waals surface area contributed by atoms with Crippen LogP contribution in [-0.2, 0) is 10.0 Å². The summed E-state index contributed by atoms with van der Waals surface area (Å²) in [4.78, 5) is 20.1. The summed E-state index contributed by atoms with van der Waals surface area (Å²) in [7, 11) is -3.47. The van der Waals surface area contributed by atoms with E-state index in [1.807, 2.05) is 23.1 Å². The molecule has 5 rings (SSSR count). The van der Waals surface area contributed by atoms with Crippen LogP contribution in [0.25, 0.3) is 10.2 Å². The van der Waals surface area contributed by atoms with Crippen LogP contribution in [-0.4, -0.2) is 48.1 Å². The van der Waals surface area contributed by atoms with Crippen LogP contribution in [0.5, 0.6) is 0 Å². The van der Waals surface area contributed by atoms with Gasteiger partial charge in [0, 0.05) is 25.2 Å². The van der Waals surface area contributed by atoms with Crippen molar-refractivity contribution < 1.29 is 13.2 Å². The number of rotatable bonds is 4. The number of benzene rings is 2. The summed E-state index contributed by atoms with van der Waals surface area (Å²) < 4.78 is 28.1. The monoisotopic (exact) mass is 441 g/mol. The maximum Gasteiger partial charge on any atom is 0.254 e. The number of amides is 1. The number of sulfonamides is 1. The van der Waals surface area contributed by atoms with Gasteiger partial charge < -0.3 is 4.90 Å². The minimum atomic E-state index is -3.47. The average Bonchev–Trinajstić information content (AvgIpc) is 3.53. The van der Waals surface area contributed by atoms with Crippen LogP contribution in [0.3, 0.4) is 0 Å². The molecule has 30 heavy (non-hydrogen) atoms. The van der Waals surface area contributed by atoms with Crippen molar-refractivity contribution in [2.24, 2.45) is 0 Å². The first-order chi connectivity index (χ1) is 14.5. The zero-order valence-corrected chi connectivity index (χ0v) is 18.2. The summed E-state index contributed by atoms with van der Waals surface area (Å²) in [5, 5.41) is 0.968. The molecule has 1 aromatic heterocycles. The van der Waals surface area contributed by atoms with E-state index < -0.39 is 10.0 Å². The number of thiazole rings is 1. The molecule has 2 aromatic carbocycles. The standard InChI is InChI=1S/C22H23N3O3S2/c26-22(16-9-11-17(12-10-16)30(27,28)24-13-3-4-14-24)25-15-5-7-19(25)21-23-18-6-1-2-8-20(18)29-21/h1-2,6,8-12,19H,3-5,7,13-15H2/t19-/m1/s1. The zero-order valence-electron chi connectivity index (χ0n) is 16.5. The zero-order chi connectivity index (χ0) is 20.7. The lowest BCUT2D eigenvalue weighted by Gasteiger charge is -2.23. The SMILES string of the molecule is O=C(c1ccc(S(=O)(=O)N2CCCC2)cc1)N1CCC[C@@H]1c1nc2ccccc2s1. The van der Waals surface area contributed by atoms with Crippen LogP contribution < -0.4 is 0 Å². The van der Waals surface area contributed by atoms with Crippen molar-refractivity contribution in [1.82, 2.24) is 14.2 Å². The quantitative estimate of drug-likeness (QED) is 0.612. The van der Waals surface area contributed by atoms with E-state index in [-0.39, 0.29) is 16.8 Å². The van der Waals surface area contributed by atoms with Gasteiger partial charge in [-0.15, -0.1) is 11.3 Å². The van der Waals surface area contributed by atoms with Crippen molar-refractivity contribution in [2.45, 2.75) is 36.6 Å². The summed E-state index contributed by atoms with van der Waals surface area (Å²) >= 11 is 1.64. The van der Waals surface area contributed by atoms with E-state index in [0.717, 1.165) is 40.9 Å². The first-order valence-electron chi connectivity index (χ1n) is 10.3. The summed E-state index contributed by atoms with van der Waals surface area (Å²) in [6, 6.07) is 14.4. The predicted octanol–water partition coefficient (Wildman–Crippen LogP) is 4.06. The number of fused-ring (bicyclic) bond motifs is 1. The van der Waals surface area contributed by atoms with Gasteiger partial charge in [0.25, 0.3) is 5.91 Å². The van der Waals surface area contributed by atoms with Crippen molar-refractivity contribution in [3.63, 3.8) is 0 Å². The molecule has 3 heterocycles. The molecule has 2 saturated heterocycles. The lowest BCUT2D eigenvalue weighted by molar-refractivity contribution is 0.0735. The van der Waals surface area contributed by atoms with E-state index in [0.29, 0.717) is 25.2 Å². The van der Waals surface area contributed by atoms with Crippen LogP contribution in [0.15, 0.2) is 53.4 Å². The topological polar surface area (TPSA) is 70.6 Å². The van der Waals surface area contributed by atoms with E-state index >= 15 is 0 Å². The summed E-state index contributed by atoms with van der Waals surface area (Å²) in [6.07, 6.45) is 3.64. The summed E-state index contributed by atoms with van der Waals surface area (Å²) in [6.45, 7) is 1.83. The Bertz CT molecular complexity index is 1150. The highest BCUT2D eigenvalue weighted by Crippen LogP contribution is 2.37. The van der Waals surface area contributed by atoms with Gasteiger partial charge in [0.1, 0.15) is 5.01 Å². The Labute approximate surface area is 180 Å². The van der Waals surface area contributed by atoms with Gasteiger partial charge in [0.05, 0.1) is 21.2 Å². The number of hydrogen-bond donors (Lipinski definition) is 0. The molecule has 156 valence electrons. The molecular formula is C22H23N3O3S2. The first kappa shape index (κ1) is 19.7.